The Morgan fingerprint density at radius 3 is 2.20 bits per heavy atom. The number of para-hydroxylation sites is 1. The average molecular weight is 636 g/mol. The Morgan fingerprint density at radius 1 is 0.822 bits per heavy atom. The predicted octanol–water partition coefficient (Wildman–Crippen LogP) is 7.50. The number of nitrogens with zero attached hydrogens (tertiary/aromatic N) is 5. The van der Waals surface area contributed by atoms with Crippen molar-refractivity contribution in [1.29, 1.82) is 0 Å². The normalized spacial score (nSPS) is 14.8. The van der Waals surface area contributed by atoms with Crippen LogP contribution in [-0.2, 0) is 4.79 Å². The minimum atomic E-state index is -0.0639. The Hall–Kier alpha value is -4.40. The standard InChI is InChI=1S/C36H34ClN5O2S/c1-26-25-40(22-23-41(26)35(44)29-20-18-28(19-21-29)27-11-4-2-5-12-27)33(43)17-10-24-45-36-39-38-34(31-15-8-9-16-32(31)37)42(36)30-13-6-3-7-14-30/h2-9,11-16,18-21,26H,10,17,22-25H2,1H3. The van der Waals surface area contributed by atoms with Gasteiger partial charge in [-0.15, -0.1) is 10.2 Å². The van der Waals surface area contributed by atoms with Crippen LogP contribution in [-0.4, -0.2) is 67.8 Å². The van der Waals surface area contributed by atoms with Gasteiger partial charge in [0.25, 0.3) is 5.91 Å². The molecule has 45 heavy (non-hydrogen) atoms. The molecule has 2 amide bonds. The number of rotatable bonds is 9. The largest absolute Gasteiger partial charge is 0.339 e. The number of hydrogen-bond donors (Lipinski definition) is 0. The topological polar surface area (TPSA) is 71.3 Å². The van der Waals surface area contributed by atoms with Crippen molar-refractivity contribution in [2.24, 2.45) is 0 Å². The van der Waals surface area contributed by atoms with E-state index in [1.165, 1.54) is 0 Å². The Labute approximate surface area is 272 Å². The SMILES string of the molecule is CC1CN(C(=O)CCCSc2nnc(-c3ccccc3Cl)n2-c2ccccc2)CCN1C(=O)c1ccc(-c2ccccc2)cc1. The van der Waals surface area contributed by atoms with Gasteiger partial charge in [0.15, 0.2) is 11.0 Å². The van der Waals surface area contributed by atoms with Crippen molar-refractivity contribution in [3.8, 4) is 28.2 Å². The van der Waals surface area contributed by atoms with Crippen LogP contribution in [0.15, 0.2) is 114 Å². The summed E-state index contributed by atoms with van der Waals surface area (Å²) >= 11 is 8.08. The Balaban J connectivity index is 1.03. The number of carbonyl (C=O) groups is 2. The lowest BCUT2D eigenvalue weighted by Gasteiger charge is -2.40. The van der Waals surface area contributed by atoms with E-state index in [0.717, 1.165) is 27.5 Å². The molecule has 9 heteroatoms. The van der Waals surface area contributed by atoms with Crippen LogP contribution in [0, 0.1) is 0 Å². The highest BCUT2D eigenvalue weighted by atomic mass is 35.5. The number of halogens is 1. The van der Waals surface area contributed by atoms with Gasteiger partial charge in [0.05, 0.1) is 5.02 Å². The second-order valence-corrected chi connectivity index (χ2v) is 12.5. The average Bonchev–Trinajstić information content (AvgIpc) is 3.51. The summed E-state index contributed by atoms with van der Waals surface area (Å²) in [5.41, 5.74) is 4.63. The van der Waals surface area contributed by atoms with Gasteiger partial charge < -0.3 is 9.80 Å². The molecule has 4 aromatic carbocycles. The molecule has 1 unspecified atom stereocenters. The minimum Gasteiger partial charge on any atom is -0.339 e. The number of aromatic nitrogens is 3. The van der Waals surface area contributed by atoms with Crippen molar-refractivity contribution >= 4 is 35.2 Å². The Kier molecular flexibility index (Phi) is 9.62. The van der Waals surface area contributed by atoms with Crippen LogP contribution in [0.1, 0.15) is 30.1 Å². The number of benzene rings is 4. The second kappa shape index (κ2) is 14.1. The van der Waals surface area contributed by atoms with Crippen molar-refractivity contribution in [1.82, 2.24) is 24.6 Å². The molecule has 6 rings (SSSR count). The first-order chi connectivity index (χ1) is 22.0. The Morgan fingerprint density at radius 2 is 1.49 bits per heavy atom. The Bertz CT molecular complexity index is 1760. The molecule has 1 aliphatic heterocycles. The summed E-state index contributed by atoms with van der Waals surface area (Å²) in [6.07, 6.45) is 1.14. The van der Waals surface area contributed by atoms with Gasteiger partial charge in [-0.3, -0.25) is 14.2 Å². The van der Waals surface area contributed by atoms with Crippen LogP contribution in [0.3, 0.4) is 0 Å². The highest BCUT2D eigenvalue weighted by Crippen LogP contribution is 2.32. The molecule has 0 N–H and O–H groups in total. The maximum atomic E-state index is 13.3. The van der Waals surface area contributed by atoms with Gasteiger partial charge in [-0.05, 0) is 60.9 Å². The first-order valence-electron chi connectivity index (χ1n) is 15.1. The predicted molar refractivity (Wildman–Crippen MR) is 181 cm³/mol. The van der Waals surface area contributed by atoms with E-state index in [2.05, 4.69) is 22.3 Å². The number of carbonyl (C=O) groups excluding carboxylic acids is 2. The van der Waals surface area contributed by atoms with Crippen LogP contribution >= 0.6 is 23.4 Å². The first-order valence-corrected chi connectivity index (χ1v) is 16.5. The van der Waals surface area contributed by atoms with E-state index in [0.29, 0.717) is 54.6 Å². The van der Waals surface area contributed by atoms with Crippen molar-refractivity contribution in [2.75, 3.05) is 25.4 Å². The fourth-order valence-electron chi connectivity index (χ4n) is 5.62. The highest BCUT2D eigenvalue weighted by Gasteiger charge is 2.30. The van der Waals surface area contributed by atoms with Gasteiger partial charge in [-0.1, -0.05) is 96.2 Å². The van der Waals surface area contributed by atoms with E-state index in [1.54, 1.807) is 11.8 Å². The summed E-state index contributed by atoms with van der Waals surface area (Å²) in [7, 11) is 0. The van der Waals surface area contributed by atoms with E-state index in [-0.39, 0.29) is 17.9 Å². The maximum Gasteiger partial charge on any atom is 0.254 e. The van der Waals surface area contributed by atoms with Crippen molar-refractivity contribution in [3.63, 3.8) is 0 Å². The molecule has 2 heterocycles. The zero-order chi connectivity index (χ0) is 31.2. The lowest BCUT2D eigenvalue weighted by atomic mass is 10.0. The third-order valence-electron chi connectivity index (χ3n) is 8.01. The van der Waals surface area contributed by atoms with Gasteiger partial charge in [0, 0.05) is 54.7 Å². The van der Waals surface area contributed by atoms with Crippen LogP contribution in [0.5, 0.6) is 0 Å². The van der Waals surface area contributed by atoms with E-state index in [4.69, 9.17) is 11.6 Å². The molecule has 1 saturated heterocycles. The maximum absolute atomic E-state index is 13.3. The quantitative estimate of drug-likeness (QED) is 0.124. The summed E-state index contributed by atoms with van der Waals surface area (Å²) < 4.78 is 2.01. The lowest BCUT2D eigenvalue weighted by Crippen LogP contribution is -2.55. The third kappa shape index (κ3) is 6.97. The molecule has 1 atom stereocenters. The van der Waals surface area contributed by atoms with E-state index < -0.39 is 0 Å². The van der Waals surface area contributed by atoms with Gasteiger partial charge >= 0.3 is 0 Å². The van der Waals surface area contributed by atoms with Crippen molar-refractivity contribution in [3.05, 3.63) is 120 Å². The number of piperazine rings is 1. The zero-order valence-corrected chi connectivity index (χ0v) is 26.6. The lowest BCUT2D eigenvalue weighted by molar-refractivity contribution is -0.133. The van der Waals surface area contributed by atoms with Crippen LogP contribution < -0.4 is 0 Å². The van der Waals surface area contributed by atoms with Gasteiger partial charge in [-0.25, -0.2) is 0 Å². The fourth-order valence-corrected chi connectivity index (χ4v) is 6.73. The molecule has 1 aliphatic rings. The highest BCUT2D eigenvalue weighted by molar-refractivity contribution is 7.99. The molecule has 0 spiro atoms. The fraction of sp³-hybridized carbons (Fsp3) is 0.222. The summed E-state index contributed by atoms with van der Waals surface area (Å²) in [6.45, 7) is 3.60. The van der Waals surface area contributed by atoms with E-state index in [9.17, 15) is 9.59 Å². The number of thioether (sulfide) groups is 1. The molecule has 0 bridgehead atoms. The van der Waals surface area contributed by atoms with Crippen molar-refractivity contribution in [2.45, 2.75) is 31.0 Å². The minimum absolute atomic E-state index is 0.00398. The van der Waals surface area contributed by atoms with Gasteiger partial charge in [0.1, 0.15) is 0 Å². The summed E-state index contributed by atoms with van der Waals surface area (Å²) in [5.74, 6) is 1.51. The third-order valence-corrected chi connectivity index (χ3v) is 9.35. The molecule has 1 fully saturated rings. The van der Waals surface area contributed by atoms with E-state index >= 15 is 0 Å². The summed E-state index contributed by atoms with van der Waals surface area (Å²) in [6, 6.07) is 35.4. The molecular formula is C36H34ClN5O2S. The molecule has 0 radical (unpaired) electrons. The molecule has 1 aromatic heterocycles. The molecular weight excluding hydrogens is 602 g/mol. The monoisotopic (exact) mass is 635 g/mol. The molecule has 0 saturated carbocycles. The molecule has 5 aromatic rings. The number of amides is 2. The second-order valence-electron chi connectivity index (χ2n) is 11.0. The first kappa shape index (κ1) is 30.6. The molecule has 0 aliphatic carbocycles. The van der Waals surface area contributed by atoms with Crippen LogP contribution in [0.2, 0.25) is 5.02 Å². The van der Waals surface area contributed by atoms with Gasteiger partial charge in [-0.2, -0.15) is 0 Å². The van der Waals surface area contributed by atoms with Crippen LogP contribution in [0.25, 0.3) is 28.2 Å². The number of hydrogen-bond acceptors (Lipinski definition) is 5. The smallest absolute Gasteiger partial charge is 0.254 e. The van der Waals surface area contributed by atoms with E-state index in [1.807, 2.05) is 118 Å². The molecule has 7 nitrogen and oxygen atoms in total. The van der Waals surface area contributed by atoms with Crippen molar-refractivity contribution < 1.29 is 9.59 Å². The molecule has 228 valence electrons. The van der Waals surface area contributed by atoms with Crippen LogP contribution in [0.4, 0.5) is 0 Å². The van der Waals surface area contributed by atoms with Gasteiger partial charge in [0.2, 0.25) is 5.91 Å². The zero-order valence-electron chi connectivity index (χ0n) is 25.1. The summed E-state index contributed by atoms with van der Waals surface area (Å²) in [5, 5.41) is 10.3. The summed E-state index contributed by atoms with van der Waals surface area (Å²) in [4.78, 5) is 30.2.